The normalized spacial score (nSPS) is 11.2. The van der Waals surface area contributed by atoms with Crippen LogP contribution in [-0.4, -0.2) is 18.2 Å². The van der Waals surface area contributed by atoms with Gasteiger partial charge in [-0.05, 0) is 17.7 Å². The molecule has 0 aliphatic carbocycles. The fraction of sp³-hybridized carbons (Fsp3) is 0.133. The number of oxime groups is 1. The number of nitrogens with zero attached hydrogens (tertiary/aromatic N) is 1. The second-order valence-corrected chi connectivity index (χ2v) is 4.15. The zero-order valence-electron chi connectivity index (χ0n) is 11.1. The first-order chi connectivity index (χ1) is 9.72. The third-order valence-electron chi connectivity index (χ3n) is 2.80. The molecule has 0 aromatic heterocycles. The highest BCUT2D eigenvalue weighted by atomic mass is 16.5. The highest BCUT2D eigenvalue weighted by Crippen LogP contribution is 2.20. The Morgan fingerprint density at radius 3 is 2.50 bits per heavy atom. The maximum Gasteiger partial charge on any atom is 0.170 e. The Bertz CT molecular complexity index is 594. The predicted octanol–water partition coefficient (Wildman–Crippen LogP) is 2.37. The number of benzene rings is 2. The van der Waals surface area contributed by atoms with Gasteiger partial charge in [0.2, 0.25) is 0 Å². The molecule has 0 saturated heterocycles. The zero-order valence-corrected chi connectivity index (χ0v) is 11.1. The van der Waals surface area contributed by atoms with Gasteiger partial charge in [0.1, 0.15) is 18.1 Å². The molecular formula is C15H16N2O3. The van der Waals surface area contributed by atoms with Gasteiger partial charge in [0.25, 0.3) is 0 Å². The van der Waals surface area contributed by atoms with Crippen LogP contribution in [0.1, 0.15) is 11.1 Å². The summed E-state index contributed by atoms with van der Waals surface area (Å²) in [5.74, 6) is 1.58. The molecule has 3 N–H and O–H groups in total. The molecule has 5 nitrogen and oxygen atoms in total. The highest BCUT2D eigenvalue weighted by molar-refractivity contribution is 5.96. The second-order valence-electron chi connectivity index (χ2n) is 4.15. The second kappa shape index (κ2) is 6.47. The van der Waals surface area contributed by atoms with Crippen LogP contribution in [0.4, 0.5) is 0 Å². The Kier molecular flexibility index (Phi) is 4.44. The summed E-state index contributed by atoms with van der Waals surface area (Å²) in [6.45, 7) is 0.434. The average Bonchev–Trinajstić information content (AvgIpc) is 2.53. The number of hydrogen-bond acceptors (Lipinski definition) is 4. The minimum atomic E-state index is 0.0882. The van der Waals surface area contributed by atoms with Crippen molar-refractivity contribution >= 4 is 5.84 Å². The van der Waals surface area contributed by atoms with E-state index in [1.165, 1.54) is 0 Å². The molecule has 2 aromatic carbocycles. The lowest BCUT2D eigenvalue weighted by molar-refractivity contribution is 0.303. The van der Waals surface area contributed by atoms with Gasteiger partial charge in [-0.15, -0.1) is 0 Å². The van der Waals surface area contributed by atoms with E-state index in [-0.39, 0.29) is 5.84 Å². The van der Waals surface area contributed by atoms with Crippen molar-refractivity contribution in [3.05, 3.63) is 59.7 Å². The van der Waals surface area contributed by atoms with E-state index in [0.717, 1.165) is 17.1 Å². The molecule has 0 atom stereocenters. The molecule has 0 radical (unpaired) electrons. The van der Waals surface area contributed by atoms with E-state index in [0.29, 0.717) is 12.2 Å². The average molecular weight is 272 g/mol. The van der Waals surface area contributed by atoms with E-state index in [1.807, 2.05) is 36.4 Å². The van der Waals surface area contributed by atoms with Crippen LogP contribution in [0.5, 0.6) is 11.5 Å². The Hall–Kier alpha value is -2.69. The van der Waals surface area contributed by atoms with Crippen LogP contribution in [0.25, 0.3) is 0 Å². The molecule has 0 aliphatic heterocycles. The van der Waals surface area contributed by atoms with Crippen LogP contribution >= 0.6 is 0 Å². The Balaban J connectivity index is 2.00. The molecule has 2 rings (SSSR count). The molecule has 0 aliphatic rings. The maximum atomic E-state index is 8.59. The largest absolute Gasteiger partial charge is 0.497 e. The summed E-state index contributed by atoms with van der Waals surface area (Å²) in [6, 6.07) is 14.7. The van der Waals surface area contributed by atoms with Crippen molar-refractivity contribution in [1.29, 1.82) is 0 Å². The van der Waals surface area contributed by atoms with E-state index < -0.39 is 0 Å². The van der Waals surface area contributed by atoms with Gasteiger partial charge in [-0.25, -0.2) is 0 Å². The third-order valence-corrected chi connectivity index (χ3v) is 2.80. The van der Waals surface area contributed by atoms with Crippen LogP contribution in [-0.2, 0) is 6.61 Å². The lowest BCUT2D eigenvalue weighted by Gasteiger charge is -2.08. The number of ether oxygens (including phenoxy) is 2. The van der Waals surface area contributed by atoms with Crippen molar-refractivity contribution in [3.8, 4) is 11.5 Å². The minimum Gasteiger partial charge on any atom is -0.497 e. The minimum absolute atomic E-state index is 0.0882. The maximum absolute atomic E-state index is 8.59. The molecule has 104 valence electrons. The number of amidine groups is 1. The number of nitrogens with two attached hydrogens (primary N) is 1. The van der Waals surface area contributed by atoms with Crippen LogP contribution in [0.3, 0.4) is 0 Å². The third kappa shape index (κ3) is 3.41. The van der Waals surface area contributed by atoms with Gasteiger partial charge in [0.05, 0.1) is 7.11 Å². The highest BCUT2D eigenvalue weighted by Gasteiger charge is 2.01. The molecule has 0 amide bonds. The van der Waals surface area contributed by atoms with Crippen LogP contribution in [0.15, 0.2) is 53.7 Å². The summed E-state index contributed by atoms with van der Waals surface area (Å²) in [5.41, 5.74) is 7.15. The van der Waals surface area contributed by atoms with Crippen molar-refractivity contribution < 1.29 is 14.7 Å². The van der Waals surface area contributed by atoms with Crippen LogP contribution < -0.4 is 15.2 Å². The van der Waals surface area contributed by atoms with E-state index in [9.17, 15) is 0 Å². The van der Waals surface area contributed by atoms with Crippen molar-refractivity contribution in [2.75, 3.05) is 7.11 Å². The van der Waals surface area contributed by atoms with Crippen molar-refractivity contribution in [1.82, 2.24) is 0 Å². The summed E-state index contributed by atoms with van der Waals surface area (Å²) in [6.07, 6.45) is 0. The van der Waals surface area contributed by atoms with Crippen molar-refractivity contribution in [2.45, 2.75) is 6.61 Å². The predicted molar refractivity (Wildman–Crippen MR) is 76.3 cm³/mol. The van der Waals surface area contributed by atoms with E-state index in [2.05, 4.69) is 5.16 Å². The Morgan fingerprint density at radius 1 is 1.15 bits per heavy atom. The lowest BCUT2D eigenvalue weighted by Crippen LogP contribution is -2.12. The number of hydrogen-bond donors (Lipinski definition) is 2. The topological polar surface area (TPSA) is 77.1 Å². The standard InChI is InChI=1S/C15H16N2O3/c1-19-13-3-2-4-14(9-13)20-10-11-5-7-12(8-6-11)15(16)17-18/h2-9,18H,10H2,1H3,(H2,16,17). The van der Waals surface area contributed by atoms with E-state index in [4.69, 9.17) is 20.4 Å². The van der Waals surface area contributed by atoms with Gasteiger partial charge in [-0.1, -0.05) is 35.5 Å². The van der Waals surface area contributed by atoms with Crippen LogP contribution in [0, 0.1) is 0 Å². The molecule has 2 aromatic rings. The fourth-order valence-electron chi connectivity index (χ4n) is 1.69. The Morgan fingerprint density at radius 2 is 1.85 bits per heavy atom. The first kappa shape index (κ1) is 13.7. The number of methoxy groups -OCH3 is 1. The molecule has 0 heterocycles. The number of rotatable bonds is 5. The molecule has 20 heavy (non-hydrogen) atoms. The molecule has 0 fully saturated rings. The van der Waals surface area contributed by atoms with Crippen molar-refractivity contribution in [3.63, 3.8) is 0 Å². The SMILES string of the molecule is COc1cccc(OCc2ccc(/C(N)=N/O)cc2)c1. The van der Waals surface area contributed by atoms with Gasteiger partial charge >= 0.3 is 0 Å². The zero-order chi connectivity index (χ0) is 14.4. The Labute approximate surface area is 117 Å². The molecule has 0 bridgehead atoms. The first-order valence-electron chi connectivity index (χ1n) is 6.06. The van der Waals surface area contributed by atoms with Gasteiger partial charge in [0, 0.05) is 11.6 Å². The monoisotopic (exact) mass is 272 g/mol. The fourth-order valence-corrected chi connectivity index (χ4v) is 1.69. The first-order valence-corrected chi connectivity index (χ1v) is 6.06. The summed E-state index contributed by atoms with van der Waals surface area (Å²) in [7, 11) is 1.62. The van der Waals surface area contributed by atoms with Crippen molar-refractivity contribution in [2.24, 2.45) is 10.9 Å². The van der Waals surface area contributed by atoms with E-state index >= 15 is 0 Å². The smallest absolute Gasteiger partial charge is 0.170 e. The van der Waals surface area contributed by atoms with Gasteiger partial charge in [0.15, 0.2) is 5.84 Å². The van der Waals surface area contributed by atoms with Gasteiger partial charge in [-0.3, -0.25) is 0 Å². The molecule has 0 saturated carbocycles. The summed E-state index contributed by atoms with van der Waals surface area (Å²) in [5, 5.41) is 11.5. The summed E-state index contributed by atoms with van der Waals surface area (Å²) < 4.78 is 10.8. The molecule has 0 spiro atoms. The lowest BCUT2D eigenvalue weighted by atomic mass is 10.1. The summed E-state index contributed by atoms with van der Waals surface area (Å²) >= 11 is 0. The van der Waals surface area contributed by atoms with Crippen LogP contribution in [0.2, 0.25) is 0 Å². The van der Waals surface area contributed by atoms with Gasteiger partial charge in [-0.2, -0.15) is 0 Å². The molecular weight excluding hydrogens is 256 g/mol. The molecule has 5 heteroatoms. The summed E-state index contributed by atoms with van der Waals surface area (Å²) in [4.78, 5) is 0. The quantitative estimate of drug-likeness (QED) is 0.379. The van der Waals surface area contributed by atoms with Gasteiger partial charge < -0.3 is 20.4 Å². The van der Waals surface area contributed by atoms with E-state index in [1.54, 1.807) is 19.2 Å². The molecule has 0 unspecified atom stereocenters.